The van der Waals surface area contributed by atoms with Gasteiger partial charge in [0.15, 0.2) is 0 Å². The molecule has 3 rings (SSSR count). The number of fused-ring (bicyclic) bond motifs is 1. The Morgan fingerprint density at radius 1 is 1.08 bits per heavy atom. The minimum atomic E-state index is -0.502. The van der Waals surface area contributed by atoms with E-state index in [9.17, 15) is 9.59 Å². The number of hydrogen-bond donors (Lipinski definition) is 2. The highest BCUT2D eigenvalue weighted by atomic mass is 32.2. The number of nitrogens with zero attached hydrogens (tertiary/aromatic N) is 2. The highest BCUT2D eigenvalue weighted by Crippen LogP contribution is 2.28. The van der Waals surface area contributed by atoms with Crippen LogP contribution < -0.4 is 11.1 Å². The molecule has 1 heterocycles. The number of para-hydroxylation sites is 1. The van der Waals surface area contributed by atoms with E-state index in [-0.39, 0.29) is 11.2 Å². The third-order valence-corrected chi connectivity index (χ3v) is 4.72. The van der Waals surface area contributed by atoms with Gasteiger partial charge in [0.05, 0.1) is 10.8 Å². The first-order valence-corrected chi connectivity index (χ1v) is 8.49. The molecule has 1 unspecified atom stereocenters. The zero-order chi connectivity index (χ0) is 17.8. The quantitative estimate of drug-likeness (QED) is 0.543. The summed E-state index contributed by atoms with van der Waals surface area (Å²) in [5.74, 6) is -0.656. The van der Waals surface area contributed by atoms with Gasteiger partial charge < -0.3 is 11.1 Å². The van der Waals surface area contributed by atoms with Gasteiger partial charge in [-0.15, -0.1) is 0 Å². The normalized spacial score (nSPS) is 11.9. The fourth-order valence-corrected chi connectivity index (χ4v) is 3.17. The van der Waals surface area contributed by atoms with Crippen molar-refractivity contribution in [3.8, 4) is 0 Å². The summed E-state index contributed by atoms with van der Waals surface area (Å²) in [6, 6.07) is 14.1. The van der Waals surface area contributed by atoms with Crippen molar-refractivity contribution < 1.29 is 9.59 Å². The predicted octanol–water partition coefficient (Wildman–Crippen LogP) is 2.85. The molecule has 0 aliphatic heterocycles. The van der Waals surface area contributed by atoms with Crippen molar-refractivity contribution in [3.05, 3.63) is 60.4 Å². The lowest BCUT2D eigenvalue weighted by molar-refractivity contribution is -0.115. The zero-order valence-electron chi connectivity index (χ0n) is 13.5. The second-order valence-electron chi connectivity index (χ2n) is 5.39. The molecular formula is C18H16N4O2S. The molecule has 126 valence electrons. The number of carbonyl (C=O) groups excluding carboxylic acids is 2. The number of hydrogen-bond acceptors (Lipinski definition) is 5. The molecule has 25 heavy (non-hydrogen) atoms. The van der Waals surface area contributed by atoms with E-state index in [0.717, 1.165) is 15.9 Å². The molecular weight excluding hydrogens is 336 g/mol. The monoisotopic (exact) mass is 352 g/mol. The van der Waals surface area contributed by atoms with Crippen LogP contribution in [0.15, 0.2) is 59.9 Å². The fourth-order valence-electron chi connectivity index (χ4n) is 2.26. The number of amides is 2. The molecule has 0 saturated carbocycles. The molecule has 7 heteroatoms. The van der Waals surface area contributed by atoms with Crippen molar-refractivity contribution in [2.45, 2.75) is 17.2 Å². The Hall–Kier alpha value is -2.93. The third-order valence-electron chi connectivity index (χ3n) is 3.60. The number of nitrogens with one attached hydrogen (secondary N) is 1. The predicted molar refractivity (Wildman–Crippen MR) is 98.4 cm³/mol. The highest BCUT2D eigenvalue weighted by Gasteiger charge is 2.17. The Balaban J connectivity index is 1.71. The van der Waals surface area contributed by atoms with Crippen LogP contribution in [0.1, 0.15) is 17.3 Å². The summed E-state index contributed by atoms with van der Waals surface area (Å²) in [4.78, 5) is 32.0. The number of anilines is 1. The van der Waals surface area contributed by atoms with Crippen molar-refractivity contribution in [1.29, 1.82) is 0 Å². The maximum Gasteiger partial charge on any atom is 0.248 e. The summed E-state index contributed by atoms with van der Waals surface area (Å²) >= 11 is 1.37. The molecule has 2 aromatic carbocycles. The molecule has 6 nitrogen and oxygen atoms in total. The van der Waals surface area contributed by atoms with E-state index < -0.39 is 5.91 Å². The SMILES string of the molecule is CC(Sc1ncnc2ccccc12)C(=O)Nc1ccc(C(N)=O)cc1. The molecule has 1 aromatic heterocycles. The number of carbonyl (C=O) groups is 2. The largest absolute Gasteiger partial charge is 0.366 e. The van der Waals surface area contributed by atoms with Gasteiger partial charge in [-0.3, -0.25) is 9.59 Å². The average Bonchev–Trinajstić information content (AvgIpc) is 2.62. The van der Waals surface area contributed by atoms with E-state index in [4.69, 9.17) is 5.73 Å². The van der Waals surface area contributed by atoms with Crippen LogP contribution in [0.3, 0.4) is 0 Å². The Labute approximate surface area is 148 Å². The van der Waals surface area contributed by atoms with Crippen molar-refractivity contribution in [2.24, 2.45) is 5.73 Å². The van der Waals surface area contributed by atoms with Gasteiger partial charge in [-0.1, -0.05) is 30.0 Å². The van der Waals surface area contributed by atoms with E-state index in [0.29, 0.717) is 11.3 Å². The number of primary amides is 1. The van der Waals surface area contributed by atoms with E-state index >= 15 is 0 Å². The third kappa shape index (κ3) is 3.95. The summed E-state index contributed by atoms with van der Waals surface area (Å²) in [6.07, 6.45) is 1.50. The first kappa shape index (κ1) is 16.9. The second-order valence-corrected chi connectivity index (χ2v) is 6.72. The van der Waals surface area contributed by atoms with Crippen molar-refractivity contribution in [1.82, 2.24) is 9.97 Å². The second kappa shape index (κ2) is 7.31. The maximum atomic E-state index is 12.4. The van der Waals surface area contributed by atoms with Crippen LogP contribution in [-0.4, -0.2) is 27.0 Å². The first-order chi connectivity index (χ1) is 12.0. The lowest BCUT2D eigenvalue weighted by atomic mass is 10.2. The number of rotatable bonds is 5. The van der Waals surface area contributed by atoms with Crippen LogP contribution in [0.4, 0.5) is 5.69 Å². The summed E-state index contributed by atoms with van der Waals surface area (Å²) in [5.41, 5.74) is 7.05. The molecule has 3 N–H and O–H groups in total. The van der Waals surface area contributed by atoms with Crippen molar-refractivity contribution >= 4 is 40.2 Å². The topological polar surface area (TPSA) is 98.0 Å². The van der Waals surface area contributed by atoms with Gasteiger partial charge in [-0.05, 0) is 37.3 Å². The molecule has 1 atom stereocenters. The van der Waals surface area contributed by atoms with E-state index in [1.807, 2.05) is 31.2 Å². The molecule has 0 spiro atoms. The Morgan fingerprint density at radius 2 is 1.80 bits per heavy atom. The smallest absolute Gasteiger partial charge is 0.248 e. The summed E-state index contributed by atoms with van der Waals surface area (Å²) in [6.45, 7) is 1.81. The van der Waals surface area contributed by atoms with E-state index in [1.54, 1.807) is 24.3 Å². The zero-order valence-corrected chi connectivity index (χ0v) is 14.3. The van der Waals surface area contributed by atoms with E-state index in [2.05, 4.69) is 15.3 Å². The lowest BCUT2D eigenvalue weighted by Crippen LogP contribution is -2.22. The Kier molecular flexibility index (Phi) is 4.95. The number of aromatic nitrogens is 2. The van der Waals surface area contributed by atoms with Gasteiger partial charge in [0.1, 0.15) is 11.4 Å². The van der Waals surface area contributed by atoms with Gasteiger partial charge in [0.25, 0.3) is 0 Å². The number of benzene rings is 2. The van der Waals surface area contributed by atoms with Crippen LogP contribution in [0.2, 0.25) is 0 Å². The van der Waals surface area contributed by atoms with Gasteiger partial charge in [-0.2, -0.15) is 0 Å². The molecule has 0 fully saturated rings. The van der Waals surface area contributed by atoms with Crippen molar-refractivity contribution in [2.75, 3.05) is 5.32 Å². The molecule has 3 aromatic rings. The van der Waals surface area contributed by atoms with Gasteiger partial charge >= 0.3 is 0 Å². The van der Waals surface area contributed by atoms with Gasteiger partial charge in [0.2, 0.25) is 11.8 Å². The molecule has 2 amide bonds. The summed E-state index contributed by atoms with van der Waals surface area (Å²) in [7, 11) is 0. The molecule has 0 saturated heterocycles. The molecule has 0 bridgehead atoms. The van der Waals surface area contributed by atoms with Crippen LogP contribution in [0.25, 0.3) is 10.9 Å². The van der Waals surface area contributed by atoms with Crippen LogP contribution in [-0.2, 0) is 4.79 Å². The molecule has 0 aliphatic carbocycles. The Bertz CT molecular complexity index is 923. The standard InChI is InChI=1S/C18H16N4O2S/c1-11(17(24)22-13-8-6-12(7-9-13)16(19)23)25-18-14-4-2-3-5-15(14)20-10-21-18/h2-11H,1H3,(H2,19,23)(H,22,24). The van der Waals surface area contributed by atoms with Gasteiger partial charge in [0, 0.05) is 16.6 Å². The molecule has 0 aliphatic rings. The lowest BCUT2D eigenvalue weighted by Gasteiger charge is -2.12. The van der Waals surface area contributed by atoms with Crippen LogP contribution in [0.5, 0.6) is 0 Å². The highest BCUT2D eigenvalue weighted by molar-refractivity contribution is 8.00. The molecule has 0 radical (unpaired) electrons. The average molecular weight is 352 g/mol. The summed E-state index contributed by atoms with van der Waals surface area (Å²) < 4.78 is 0. The van der Waals surface area contributed by atoms with Crippen LogP contribution in [0, 0.1) is 0 Å². The Morgan fingerprint density at radius 3 is 2.52 bits per heavy atom. The summed E-state index contributed by atoms with van der Waals surface area (Å²) in [5, 5.41) is 4.15. The first-order valence-electron chi connectivity index (χ1n) is 7.62. The minimum Gasteiger partial charge on any atom is -0.366 e. The number of nitrogens with two attached hydrogens (primary N) is 1. The number of thioether (sulfide) groups is 1. The fraction of sp³-hybridized carbons (Fsp3) is 0.111. The van der Waals surface area contributed by atoms with E-state index in [1.165, 1.54) is 18.1 Å². The maximum absolute atomic E-state index is 12.4. The van der Waals surface area contributed by atoms with Crippen LogP contribution >= 0.6 is 11.8 Å². The van der Waals surface area contributed by atoms with Gasteiger partial charge in [-0.25, -0.2) is 9.97 Å². The minimum absolute atomic E-state index is 0.153. The van der Waals surface area contributed by atoms with Crippen molar-refractivity contribution in [3.63, 3.8) is 0 Å².